The summed E-state index contributed by atoms with van der Waals surface area (Å²) in [6.07, 6.45) is 6.15. The molecule has 0 heterocycles. The van der Waals surface area contributed by atoms with E-state index in [1.54, 1.807) is 6.07 Å². The molecule has 0 spiro atoms. The second-order valence-electron chi connectivity index (χ2n) is 7.17. The molecular weight excluding hydrogens is 425 g/mol. The molecule has 1 aliphatic rings. The number of nitrogens with two attached hydrogens (primary N) is 1. The van der Waals surface area contributed by atoms with Crippen LogP contribution in [0.25, 0.3) is 10.8 Å². The molecule has 0 saturated heterocycles. The lowest BCUT2D eigenvalue weighted by molar-refractivity contribution is 0.173. The zero-order chi connectivity index (χ0) is 17.9. The SMILES string of the molecule is [B]CCCCC(N)(I)C1CC(NCc2cccc3c(F)cccc23)C1. The fourth-order valence-electron chi connectivity index (χ4n) is 3.67. The van der Waals surface area contributed by atoms with Crippen molar-refractivity contribution < 1.29 is 4.39 Å². The summed E-state index contributed by atoms with van der Waals surface area (Å²) in [5.41, 5.74) is 7.65. The fraction of sp³-hybridized carbons (Fsp3) is 0.500. The number of fused-ring (bicyclic) bond motifs is 1. The second-order valence-corrected chi connectivity index (χ2v) is 9.18. The predicted octanol–water partition coefficient (Wildman–Crippen LogP) is 4.69. The third kappa shape index (κ3) is 4.55. The number of unbranched alkanes of at least 4 members (excludes halogenated alkanes) is 1. The first-order valence-corrected chi connectivity index (χ1v) is 10.2. The third-order valence-electron chi connectivity index (χ3n) is 5.37. The predicted molar refractivity (Wildman–Crippen MR) is 113 cm³/mol. The summed E-state index contributed by atoms with van der Waals surface area (Å²) in [4.78, 5) is 0. The first kappa shape index (κ1) is 19.1. The Bertz CT molecular complexity index is 716. The Labute approximate surface area is 164 Å². The molecular formula is C20H25BFIN2. The summed E-state index contributed by atoms with van der Waals surface area (Å²) < 4.78 is 13.8. The fourth-order valence-corrected chi connectivity index (χ4v) is 4.56. The average molecular weight is 450 g/mol. The van der Waals surface area contributed by atoms with E-state index in [-0.39, 0.29) is 9.36 Å². The Morgan fingerprint density at radius 3 is 2.64 bits per heavy atom. The highest BCUT2D eigenvalue weighted by molar-refractivity contribution is 14.1. The summed E-state index contributed by atoms with van der Waals surface area (Å²) in [7, 11) is 5.57. The average Bonchev–Trinajstić information content (AvgIpc) is 2.54. The van der Waals surface area contributed by atoms with Crippen molar-refractivity contribution in [3.05, 3.63) is 47.8 Å². The van der Waals surface area contributed by atoms with Crippen LogP contribution in [-0.2, 0) is 6.54 Å². The van der Waals surface area contributed by atoms with Crippen LogP contribution in [0.15, 0.2) is 36.4 Å². The van der Waals surface area contributed by atoms with E-state index < -0.39 is 0 Å². The second kappa shape index (κ2) is 8.36. The van der Waals surface area contributed by atoms with Crippen LogP contribution < -0.4 is 11.1 Å². The third-order valence-corrected chi connectivity index (χ3v) is 6.79. The van der Waals surface area contributed by atoms with Crippen molar-refractivity contribution in [1.29, 1.82) is 0 Å². The largest absolute Gasteiger partial charge is 0.317 e. The number of halogens is 2. The van der Waals surface area contributed by atoms with E-state index in [0.717, 1.165) is 55.9 Å². The van der Waals surface area contributed by atoms with Gasteiger partial charge in [-0.2, -0.15) is 0 Å². The quantitative estimate of drug-likeness (QED) is 0.201. The van der Waals surface area contributed by atoms with Crippen molar-refractivity contribution in [2.75, 3.05) is 0 Å². The molecule has 3 rings (SSSR count). The molecule has 0 bridgehead atoms. The molecule has 3 N–H and O–H groups in total. The minimum Gasteiger partial charge on any atom is -0.317 e. The Kier molecular flexibility index (Phi) is 6.39. The van der Waals surface area contributed by atoms with Crippen molar-refractivity contribution in [2.24, 2.45) is 11.7 Å². The Hall–Kier alpha value is -0.655. The van der Waals surface area contributed by atoms with E-state index in [1.807, 2.05) is 18.2 Å². The number of alkyl halides is 1. The van der Waals surface area contributed by atoms with Gasteiger partial charge in [-0.1, -0.05) is 72.1 Å². The zero-order valence-electron chi connectivity index (χ0n) is 14.5. The lowest BCUT2D eigenvalue weighted by atomic mass is 9.74. The van der Waals surface area contributed by atoms with E-state index in [0.29, 0.717) is 17.3 Å². The topological polar surface area (TPSA) is 38.0 Å². The Morgan fingerprint density at radius 1 is 1.16 bits per heavy atom. The van der Waals surface area contributed by atoms with E-state index in [9.17, 15) is 4.39 Å². The molecule has 0 amide bonds. The molecule has 1 unspecified atom stereocenters. The molecule has 2 radical (unpaired) electrons. The van der Waals surface area contributed by atoms with E-state index in [1.165, 1.54) is 6.07 Å². The summed E-state index contributed by atoms with van der Waals surface area (Å²) in [6.45, 7) is 0.768. The van der Waals surface area contributed by atoms with Crippen LogP contribution >= 0.6 is 22.6 Å². The lowest BCUT2D eigenvalue weighted by Crippen LogP contribution is -2.53. The maximum absolute atomic E-state index is 13.9. The Morgan fingerprint density at radius 2 is 1.88 bits per heavy atom. The van der Waals surface area contributed by atoms with Gasteiger partial charge in [-0.15, -0.1) is 0 Å². The van der Waals surface area contributed by atoms with E-state index in [2.05, 4.69) is 34.0 Å². The van der Waals surface area contributed by atoms with Gasteiger partial charge in [-0.3, -0.25) is 0 Å². The summed E-state index contributed by atoms with van der Waals surface area (Å²) in [6, 6.07) is 11.6. The summed E-state index contributed by atoms with van der Waals surface area (Å²) in [5, 5.41) is 5.31. The first-order valence-electron chi connectivity index (χ1n) is 9.08. The lowest BCUT2D eigenvalue weighted by Gasteiger charge is -2.44. The van der Waals surface area contributed by atoms with Crippen molar-refractivity contribution in [3.8, 4) is 0 Å². The van der Waals surface area contributed by atoms with E-state index >= 15 is 0 Å². The molecule has 5 heteroatoms. The van der Waals surface area contributed by atoms with Crippen molar-refractivity contribution in [1.82, 2.24) is 5.32 Å². The minimum absolute atomic E-state index is 0.117. The van der Waals surface area contributed by atoms with Crippen LogP contribution in [0.3, 0.4) is 0 Å². The molecule has 1 aliphatic carbocycles. The molecule has 25 heavy (non-hydrogen) atoms. The van der Waals surface area contributed by atoms with Crippen LogP contribution in [0.2, 0.25) is 6.32 Å². The van der Waals surface area contributed by atoms with Gasteiger partial charge in [0.1, 0.15) is 5.82 Å². The highest BCUT2D eigenvalue weighted by atomic mass is 127. The molecule has 2 aromatic rings. The van der Waals surface area contributed by atoms with Gasteiger partial charge < -0.3 is 11.1 Å². The van der Waals surface area contributed by atoms with Crippen LogP contribution in [0.4, 0.5) is 4.39 Å². The van der Waals surface area contributed by atoms with Gasteiger partial charge >= 0.3 is 0 Å². The highest BCUT2D eigenvalue weighted by Crippen LogP contribution is 2.42. The summed E-state index contributed by atoms with van der Waals surface area (Å²) in [5.74, 6) is 0.409. The van der Waals surface area contributed by atoms with Gasteiger partial charge in [0, 0.05) is 18.0 Å². The number of hydrogen-bond acceptors (Lipinski definition) is 2. The normalized spacial score (nSPS) is 22.5. The first-order chi connectivity index (χ1) is 12.0. The van der Waals surface area contributed by atoms with Crippen molar-refractivity contribution >= 4 is 41.2 Å². The van der Waals surface area contributed by atoms with Crippen molar-refractivity contribution in [2.45, 2.75) is 54.6 Å². The van der Waals surface area contributed by atoms with Crippen LogP contribution in [0.5, 0.6) is 0 Å². The number of rotatable bonds is 8. The smallest absolute Gasteiger partial charge is 0.131 e. The van der Waals surface area contributed by atoms with Gasteiger partial charge in [-0.25, -0.2) is 4.39 Å². The highest BCUT2D eigenvalue weighted by Gasteiger charge is 2.41. The van der Waals surface area contributed by atoms with Gasteiger partial charge in [0.15, 0.2) is 0 Å². The molecule has 1 saturated carbocycles. The molecule has 0 aromatic heterocycles. The molecule has 0 aliphatic heterocycles. The molecule has 2 nitrogen and oxygen atoms in total. The number of hydrogen-bond donors (Lipinski definition) is 2. The zero-order valence-corrected chi connectivity index (χ0v) is 16.6. The number of nitrogens with one attached hydrogen (secondary N) is 1. The Balaban J connectivity index is 1.52. The van der Waals surface area contributed by atoms with Crippen molar-refractivity contribution in [3.63, 3.8) is 0 Å². The van der Waals surface area contributed by atoms with E-state index in [4.69, 9.17) is 13.6 Å². The monoisotopic (exact) mass is 450 g/mol. The van der Waals surface area contributed by atoms with Gasteiger partial charge in [0.2, 0.25) is 0 Å². The maximum atomic E-state index is 13.9. The van der Waals surface area contributed by atoms with Crippen LogP contribution in [0, 0.1) is 11.7 Å². The molecule has 2 aromatic carbocycles. The summed E-state index contributed by atoms with van der Waals surface area (Å²) >= 11 is 2.43. The number of benzene rings is 2. The van der Waals surface area contributed by atoms with Gasteiger partial charge in [0.25, 0.3) is 0 Å². The van der Waals surface area contributed by atoms with Gasteiger partial charge in [-0.05, 0) is 42.2 Å². The minimum atomic E-state index is -0.154. The molecule has 132 valence electrons. The maximum Gasteiger partial charge on any atom is 0.131 e. The van der Waals surface area contributed by atoms with Crippen LogP contribution in [-0.4, -0.2) is 17.4 Å². The van der Waals surface area contributed by atoms with Crippen LogP contribution in [0.1, 0.15) is 37.7 Å². The molecule has 1 fully saturated rings. The van der Waals surface area contributed by atoms with Gasteiger partial charge in [0.05, 0.1) is 11.4 Å². The standard InChI is InChI=1S/C20H25BFIN2/c21-10-2-1-9-20(23,24)15-11-16(12-15)25-13-14-5-3-7-18-17(14)6-4-8-19(18)22/h3-8,15-16,25H,1-2,9-13,24H2. The molecule has 1 atom stereocenters.